The molecule has 1 N–H and O–H groups in total. The summed E-state index contributed by atoms with van der Waals surface area (Å²) in [5, 5.41) is 3.25. The van der Waals surface area contributed by atoms with Crippen LogP contribution in [0.4, 0.5) is 0 Å². The molecular formula is C14H19NO. The van der Waals surface area contributed by atoms with Crippen LogP contribution in [0.1, 0.15) is 33.5 Å². The molecule has 1 saturated heterocycles. The van der Waals surface area contributed by atoms with Gasteiger partial charge < -0.3 is 5.32 Å². The van der Waals surface area contributed by atoms with Gasteiger partial charge in [-0.1, -0.05) is 6.07 Å². The Hall–Kier alpha value is -1.15. The van der Waals surface area contributed by atoms with E-state index in [9.17, 15) is 4.79 Å². The Labute approximate surface area is 97.1 Å². The maximum Gasteiger partial charge on any atom is 0.167 e. The highest BCUT2D eigenvalue weighted by Crippen LogP contribution is 2.21. The third-order valence-electron chi connectivity index (χ3n) is 3.54. The van der Waals surface area contributed by atoms with Crippen LogP contribution in [0.3, 0.4) is 0 Å². The molecule has 0 aromatic heterocycles. The summed E-state index contributed by atoms with van der Waals surface area (Å²) in [4.78, 5) is 12.3. The van der Waals surface area contributed by atoms with Crippen LogP contribution in [0.2, 0.25) is 0 Å². The van der Waals surface area contributed by atoms with Crippen molar-refractivity contribution in [1.29, 1.82) is 0 Å². The second kappa shape index (κ2) is 4.38. The minimum Gasteiger partial charge on any atom is -0.316 e. The zero-order chi connectivity index (χ0) is 11.7. The molecule has 1 atom stereocenters. The van der Waals surface area contributed by atoms with Gasteiger partial charge in [-0.05, 0) is 56.5 Å². The van der Waals surface area contributed by atoms with Crippen LogP contribution in [-0.4, -0.2) is 18.9 Å². The molecule has 0 spiro atoms. The van der Waals surface area contributed by atoms with Crippen molar-refractivity contribution in [3.05, 3.63) is 34.4 Å². The molecule has 1 heterocycles. The number of hydrogen-bond donors (Lipinski definition) is 1. The van der Waals surface area contributed by atoms with Crippen LogP contribution in [-0.2, 0) is 0 Å². The summed E-state index contributed by atoms with van der Waals surface area (Å²) in [6.07, 6.45) is 0.977. The first kappa shape index (κ1) is 11.3. The molecule has 1 aromatic carbocycles. The van der Waals surface area contributed by atoms with Crippen molar-refractivity contribution in [3.8, 4) is 0 Å². The van der Waals surface area contributed by atoms with Gasteiger partial charge in [0.15, 0.2) is 5.78 Å². The number of benzene rings is 1. The Morgan fingerprint density at radius 3 is 2.50 bits per heavy atom. The van der Waals surface area contributed by atoms with Crippen molar-refractivity contribution in [3.63, 3.8) is 0 Å². The number of nitrogens with one attached hydrogen (secondary N) is 1. The van der Waals surface area contributed by atoms with Crippen molar-refractivity contribution in [2.45, 2.75) is 27.2 Å². The molecule has 0 radical (unpaired) electrons. The van der Waals surface area contributed by atoms with Crippen LogP contribution in [0.5, 0.6) is 0 Å². The lowest BCUT2D eigenvalue weighted by Gasteiger charge is -2.12. The summed E-state index contributed by atoms with van der Waals surface area (Å²) in [6.45, 7) is 8.00. The van der Waals surface area contributed by atoms with E-state index in [1.807, 2.05) is 13.0 Å². The number of Topliss-reactive ketones (excluding diaryl/α,β-unsaturated/α-hetero) is 1. The van der Waals surface area contributed by atoms with Crippen LogP contribution in [0, 0.1) is 26.7 Å². The molecule has 1 aromatic rings. The Balaban J connectivity index is 2.32. The topological polar surface area (TPSA) is 29.1 Å². The highest BCUT2D eigenvalue weighted by atomic mass is 16.1. The minimum atomic E-state index is 0.181. The van der Waals surface area contributed by atoms with Crippen LogP contribution in [0.15, 0.2) is 12.1 Å². The minimum absolute atomic E-state index is 0.181. The lowest BCUT2D eigenvalue weighted by molar-refractivity contribution is 0.0929. The van der Waals surface area contributed by atoms with E-state index in [2.05, 4.69) is 25.2 Å². The first-order chi connectivity index (χ1) is 7.59. The highest BCUT2D eigenvalue weighted by molar-refractivity contribution is 5.99. The van der Waals surface area contributed by atoms with E-state index >= 15 is 0 Å². The van der Waals surface area contributed by atoms with E-state index in [0.29, 0.717) is 5.78 Å². The fourth-order valence-corrected chi connectivity index (χ4v) is 2.32. The first-order valence-electron chi connectivity index (χ1n) is 5.92. The molecule has 2 nitrogen and oxygen atoms in total. The maximum atomic E-state index is 12.3. The normalized spacial score (nSPS) is 20.1. The monoisotopic (exact) mass is 217 g/mol. The number of hydrogen-bond acceptors (Lipinski definition) is 2. The van der Waals surface area contributed by atoms with E-state index in [0.717, 1.165) is 30.6 Å². The molecule has 1 unspecified atom stereocenters. The van der Waals surface area contributed by atoms with Crippen LogP contribution >= 0.6 is 0 Å². The number of carbonyl (C=O) groups excluding carboxylic acids is 1. The molecule has 86 valence electrons. The van der Waals surface area contributed by atoms with Gasteiger partial charge in [0, 0.05) is 18.0 Å². The molecule has 2 heteroatoms. The second-order valence-electron chi connectivity index (χ2n) is 4.81. The Bertz CT molecular complexity index is 417. The smallest absolute Gasteiger partial charge is 0.167 e. The molecule has 0 saturated carbocycles. The summed E-state index contributed by atoms with van der Waals surface area (Å²) in [7, 11) is 0. The standard InChI is InChI=1S/C14H19NO/c1-9-6-11(3)13(7-10(9)2)14(16)12-4-5-15-8-12/h6-7,12,15H,4-5,8H2,1-3H3. The summed E-state index contributed by atoms with van der Waals surface area (Å²) in [5.74, 6) is 0.492. The van der Waals surface area contributed by atoms with Gasteiger partial charge in [0.2, 0.25) is 0 Å². The third kappa shape index (κ3) is 2.03. The summed E-state index contributed by atoms with van der Waals surface area (Å²) in [5.41, 5.74) is 4.50. The molecule has 16 heavy (non-hydrogen) atoms. The summed E-state index contributed by atoms with van der Waals surface area (Å²) in [6, 6.07) is 4.16. The number of rotatable bonds is 2. The average molecular weight is 217 g/mol. The molecular weight excluding hydrogens is 198 g/mol. The largest absolute Gasteiger partial charge is 0.316 e. The highest BCUT2D eigenvalue weighted by Gasteiger charge is 2.24. The van der Waals surface area contributed by atoms with Gasteiger partial charge in [0.1, 0.15) is 0 Å². The first-order valence-corrected chi connectivity index (χ1v) is 5.92. The maximum absolute atomic E-state index is 12.3. The van der Waals surface area contributed by atoms with Crippen LogP contribution in [0.25, 0.3) is 0 Å². The summed E-state index contributed by atoms with van der Waals surface area (Å²) < 4.78 is 0. The molecule has 0 aliphatic carbocycles. The molecule has 0 bridgehead atoms. The molecule has 1 aliphatic rings. The van der Waals surface area contributed by atoms with Gasteiger partial charge in [-0.25, -0.2) is 0 Å². The zero-order valence-corrected chi connectivity index (χ0v) is 10.3. The fourth-order valence-electron chi connectivity index (χ4n) is 2.32. The lowest BCUT2D eigenvalue weighted by Crippen LogP contribution is -2.19. The molecule has 1 fully saturated rings. The molecule has 2 rings (SSSR count). The average Bonchev–Trinajstić information content (AvgIpc) is 2.75. The number of carbonyl (C=O) groups is 1. The van der Waals surface area contributed by atoms with E-state index in [1.54, 1.807) is 0 Å². The Morgan fingerprint density at radius 1 is 1.19 bits per heavy atom. The van der Waals surface area contributed by atoms with E-state index in [4.69, 9.17) is 0 Å². The number of ketones is 1. The second-order valence-corrected chi connectivity index (χ2v) is 4.81. The van der Waals surface area contributed by atoms with E-state index in [-0.39, 0.29) is 5.92 Å². The molecule has 1 aliphatic heterocycles. The van der Waals surface area contributed by atoms with Crippen molar-refractivity contribution < 1.29 is 4.79 Å². The van der Waals surface area contributed by atoms with Gasteiger partial charge in [-0.3, -0.25) is 4.79 Å². The SMILES string of the molecule is Cc1cc(C)c(C(=O)C2CCNC2)cc1C. The van der Waals surface area contributed by atoms with Crippen molar-refractivity contribution >= 4 is 5.78 Å². The quantitative estimate of drug-likeness (QED) is 0.771. The van der Waals surface area contributed by atoms with Crippen molar-refractivity contribution in [1.82, 2.24) is 5.32 Å². The van der Waals surface area contributed by atoms with Gasteiger partial charge in [0.25, 0.3) is 0 Å². The summed E-state index contributed by atoms with van der Waals surface area (Å²) >= 11 is 0. The van der Waals surface area contributed by atoms with Crippen molar-refractivity contribution in [2.75, 3.05) is 13.1 Å². The predicted octanol–water partition coefficient (Wildman–Crippen LogP) is 2.40. The van der Waals surface area contributed by atoms with Crippen molar-refractivity contribution in [2.24, 2.45) is 5.92 Å². The van der Waals surface area contributed by atoms with Gasteiger partial charge >= 0.3 is 0 Å². The van der Waals surface area contributed by atoms with Crippen LogP contribution < -0.4 is 5.32 Å². The zero-order valence-electron chi connectivity index (χ0n) is 10.3. The fraction of sp³-hybridized carbons (Fsp3) is 0.500. The Morgan fingerprint density at radius 2 is 1.88 bits per heavy atom. The van der Waals surface area contributed by atoms with Gasteiger partial charge in [-0.15, -0.1) is 0 Å². The lowest BCUT2D eigenvalue weighted by atomic mass is 9.91. The van der Waals surface area contributed by atoms with E-state index in [1.165, 1.54) is 11.1 Å². The Kier molecular flexibility index (Phi) is 3.10. The number of aryl methyl sites for hydroxylation is 3. The van der Waals surface area contributed by atoms with Gasteiger partial charge in [0.05, 0.1) is 0 Å². The molecule has 0 amide bonds. The van der Waals surface area contributed by atoms with E-state index < -0.39 is 0 Å². The van der Waals surface area contributed by atoms with Gasteiger partial charge in [-0.2, -0.15) is 0 Å². The third-order valence-corrected chi connectivity index (χ3v) is 3.54. The predicted molar refractivity (Wildman–Crippen MR) is 66.0 cm³/mol.